The minimum Gasteiger partial charge on any atom is -0.335 e. The number of H-pyrrole nitrogens is 1. The maximum absolute atomic E-state index is 12.5. The predicted octanol–water partition coefficient (Wildman–Crippen LogP) is 2.14. The van der Waals surface area contributed by atoms with Gasteiger partial charge in [0.25, 0.3) is 5.56 Å². The van der Waals surface area contributed by atoms with Crippen molar-refractivity contribution < 1.29 is 0 Å². The van der Waals surface area contributed by atoms with Crippen LogP contribution in [0.25, 0.3) is 11.2 Å². The number of imidazole rings is 1. The average molecular weight is 346 g/mol. The molecule has 2 aromatic heterocycles. The van der Waals surface area contributed by atoms with Crippen LogP contribution in [0, 0.1) is 0 Å². The summed E-state index contributed by atoms with van der Waals surface area (Å²) in [4.78, 5) is 32.5. The lowest BCUT2D eigenvalue weighted by molar-refractivity contribution is 0.708. The van der Waals surface area contributed by atoms with Gasteiger partial charge in [-0.05, 0) is 11.1 Å². The fourth-order valence-corrected chi connectivity index (χ4v) is 3.28. The maximum atomic E-state index is 12.5. The maximum Gasteiger partial charge on any atom is 0.332 e. The topological polar surface area (TPSA) is 72.7 Å². The van der Waals surface area contributed by atoms with Crippen LogP contribution in [0.2, 0.25) is 0 Å². The Balaban J connectivity index is 2.01. The summed E-state index contributed by atoms with van der Waals surface area (Å²) in [5, 5.41) is 0. The van der Waals surface area contributed by atoms with E-state index in [0.717, 1.165) is 15.7 Å². The van der Waals surface area contributed by atoms with E-state index < -0.39 is 5.69 Å². The summed E-state index contributed by atoms with van der Waals surface area (Å²) in [5.41, 5.74) is 2.05. The summed E-state index contributed by atoms with van der Waals surface area (Å²) in [6.45, 7) is 0. The van der Waals surface area contributed by atoms with Crippen LogP contribution in [-0.4, -0.2) is 19.1 Å². The molecule has 1 N–H and O–H groups in total. The number of fused-ring (bicyclic) bond motifs is 1. The molecular weight excluding hydrogens is 328 g/mol. The summed E-state index contributed by atoms with van der Waals surface area (Å²) in [6, 6.07) is 19.9. The zero-order valence-electron chi connectivity index (χ0n) is 14.5. The number of nitrogens with one attached hydrogen (secondary N) is 1. The molecule has 0 aliphatic rings. The Bertz CT molecular complexity index is 1150. The molecule has 6 nitrogen and oxygen atoms in total. The third-order valence-corrected chi connectivity index (χ3v) is 4.65. The molecule has 4 aromatic rings. The van der Waals surface area contributed by atoms with Crippen LogP contribution in [0.15, 0.2) is 70.3 Å². The first-order valence-electron chi connectivity index (χ1n) is 8.33. The van der Waals surface area contributed by atoms with Gasteiger partial charge < -0.3 is 4.98 Å². The van der Waals surface area contributed by atoms with Gasteiger partial charge in [-0.2, -0.15) is 0 Å². The average Bonchev–Trinajstić information content (AvgIpc) is 3.12. The lowest BCUT2D eigenvalue weighted by atomic mass is 9.91. The summed E-state index contributed by atoms with van der Waals surface area (Å²) in [6.07, 6.45) is 0. The number of aromatic amines is 1. The third kappa shape index (κ3) is 2.47. The first-order valence-corrected chi connectivity index (χ1v) is 8.33. The molecule has 6 heteroatoms. The van der Waals surface area contributed by atoms with Crippen LogP contribution in [0.3, 0.4) is 0 Å². The van der Waals surface area contributed by atoms with E-state index in [1.807, 2.05) is 60.7 Å². The van der Waals surface area contributed by atoms with Crippen LogP contribution in [0.5, 0.6) is 0 Å². The summed E-state index contributed by atoms with van der Waals surface area (Å²) < 4.78 is 2.48. The van der Waals surface area contributed by atoms with E-state index in [9.17, 15) is 9.59 Å². The highest BCUT2D eigenvalue weighted by Crippen LogP contribution is 2.30. The first-order chi connectivity index (χ1) is 12.6. The van der Waals surface area contributed by atoms with Crippen molar-refractivity contribution in [1.29, 1.82) is 0 Å². The van der Waals surface area contributed by atoms with E-state index in [1.165, 1.54) is 11.6 Å². The van der Waals surface area contributed by atoms with E-state index in [0.29, 0.717) is 17.0 Å². The first kappa shape index (κ1) is 16.1. The van der Waals surface area contributed by atoms with Crippen molar-refractivity contribution in [3.8, 4) is 0 Å². The lowest BCUT2D eigenvalue weighted by Gasteiger charge is -2.15. The molecule has 0 saturated carbocycles. The van der Waals surface area contributed by atoms with Gasteiger partial charge in [0.1, 0.15) is 11.3 Å². The Morgan fingerprint density at radius 3 is 1.92 bits per heavy atom. The Morgan fingerprint density at radius 1 is 0.846 bits per heavy atom. The Morgan fingerprint density at radius 2 is 1.38 bits per heavy atom. The Labute approximate surface area is 149 Å². The predicted molar refractivity (Wildman–Crippen MR) is 100 cm³/mol. The number of benzene rings is 2. The van der Waals surface area contributed by atoms with E-state index in [-0.39, 0.29) is 11.5 Å². The second kappa shape index (κ2) is 6.15. The van der Waals surface area contributed by atoms with Gasteiger partial charge in [0.15, 0.2) is 5.65 Å². The SMILES string of the molecule is Cn1c(=O)c2[nH]c(C(c3ccccc3)c3ccccc3)nc2n(C)c1=O. The van der Waals surface area contributed by atoms with Gasteiger partial charge in [-0.1, -0.05) is 60.7 Å². The van der Waals surface area contributed by atoms with Gasteiger partial charge >= 0.3 is 5.69 Å². The van der Waals surface area contributed by atoms with Gasteiger partial charge in [0, 0.05) is 14.1 Å². The highest BCUT2D eigenvalue weighted by Gasteiger charge is 2.22. The standard InChI is InChI=1S/C20H18N4O2/c1-23-18-16(19(25)24(2)20(23)26)21-17(22-18)15(13-9-5-3-6-10-13)14-11-7-4-8-12-14/h3-12,15H,1-2H3,(H,21,22). The van der Waals surface area contributed by atoms with Crippen LogP contribution in [-0.2, 0) is 14.1 Å². The molecule has 0 spiro atoms. The fourth-order valence-electron chi connectivity index (χ4n) is 3.28. The summed E-state index contributed by atoms with van der Waals surface area (Å²) in [5.74, 6) is 0.473. The van der Waals surface area contributed by atoms with Crippen molar-refractivity contribution in [2.24, 2.45) is 14.1 Å². The number of aryl methyl sites for hydroxylation is 1. The van der Waals surface area contributed by atoms with Gasteiger partial charge in [0.2, 0.25) is 0 Å². The molecule has 0 saturated heterocycles. The highest BCUT2D eigenvalue weighted by atomic mass is 16.2. The van der Waals surface area contributed by atoms with Crippen molar-refractivity contribution >= 4 is 11.2 Å². The highest BCUT2D eigenvalue weighted by molar-refractivity contribution is 5.70. The molecular formula is C20H18N4O2. The van der Waals surface area contributed by atoms with Crippen LogP contribution < -0.4 is 11.2 Å². The van der Waals surface area contributed by atoms with Crippen molar-refractivity contribution in [2.45, 2.75) is 5.92 Å². The fraction of sp³-hybridized carbons (Fsp3) is 0.150. The van der Waals surface area contributed by atoms with Crippen LogP contribution in [0.4, 0.5) is 0 Å². The van der Waals surface area contributed by atoms with E-state index in [2.05, 4.69) is 9.97 Å². The monoisotopic (exact) mass is 346 g/mol. The van der Waals surface area contributed by atoms with Crippen molar-refractivity contribution in [2.75, 3.05) is 0 Å². The minimum atomic E-state index is -0.392. The molecule has 0 fully saturated rings. The molecule has 0 amide bonds. The molecule has 130 valence electrons. The Hall–Kier alpha value is -3.41. The minimum absolute atomic E-state index is 0.162. The lowest BCUT2D eigenvalue weighted by Crippen LogP contribution is -2.36. The molecule has 26 heavy (non-hydrogen) atoms. The van der Waals surface area contributed by atoms with Crippen LogP contribution in [0.1, 0.15) is 22.9 Å². The number of aromatic nitrogens is 4. The number of rotatable bonds is 3. The quantitative estimate of drug-likeness (QED) is 0.618. The third-order valence-electron chi connectivity index (χ3n) is 4.65. The summed E-state index contributed by atoms with van der Waals surface area (Å²) in [7, 11) is 3.09. The molecule has 0 atom stereocenters. The molecule has 4 rings (SSSR count). The molecule has 0 unspecified atom stereocenters. The van der Waals surface area contributed by atoms with Crippen molar-refractivity contribution in [3.63, 3.8) is 0 Å². The molecule has 0 aliphatic carbocycles. The van der Waals surface area contributed by atoms with E-state index in [1.54, 1.807) is 7.05 Å². The zero-order chi connectivity index (χ0) is 18.3. The van der Waals surface area contributed by atoms with Crippen molar-refractivity contribution in [3.05, 3.63) is 98.5 Å². The largest absolute Gasteiger partial charge is 0.335 e. The van der Waals surface area contributed by atoms with Crippen LogP contribution >= 0.6 is 0 Å². The molecule has 0 radical (unpaired) electrons. The Kier molecular flexibility index (Phi) is 3.80. The number of hydrogen-bond acceptors (Lipinski definition) is 3. The second-order valence-electron chi connectivity index (χ2n) is 6.28. The van der Waals surface area contributed by atoms with Gasteiger partial charge in [-0.15, -0.1) is 0 Å². The second-order valence-corrected chi connectivity index (χ2v) is 6.28. The van der Waals surface area contributed by atoms with E-state index in [4.69, 9.17) is 0 Å². The smallest absolute Gasteiger partial charge is 0.332 e. The summed E-state index contributed by atoms with van der Waals surface area (Å²) >= 11 is 0. The van der Waals surface area contributed by atoms with E-state index >= 15 is 0 Å². The number of nitrogens with zero attached hydrogens (tertiary/aromatic N) is 3. The zero-order valence-corrected chi connectivity index (χ0v) is 14.5. The normalized spacial score (nSPS) is 11.3. The molecule has 2 aromatic carbocycles. The van der Waals surface area contributed by atoms with Gasteiger partial charge in [-0.25, -0.2) is 9.78 Å². The number of hydrogen-bond donors (Lipinski definition) is 1. The van der Waals surface area contributed by atoms with Crippen molar-refractivity contribution in [1.82, 2.24) is 19.1 Å². The molecule has 2 heterocycles. The van der Waals surface area contributed by atoms with Gasteiger partial charge in [0.05, 0.1) is 5.92 Å². The van der Waals surface area contributed by atoms with Gasteiger partial charge in [-0.3, -0.25) is 13.9 Å². The molecule has 0 bridgehead atoms. The molecule has 0 aliphatic heterocycles.